The van der Waals surface area contributed by atoms with Crippen molar-refractivity contribution in [2.45, 2.75) is 20.4 Å². The molecule has 0 fully saturated rings. The van der Waals surface area contributed by atoms with Crippen molar-refractivity contribution in [2.75, 3.05) is 6.61 Å². The molecule has 0 aliphatic rings. The zero-order valence-electron chi connectivity index (χ0n) is 12.6. The van der Waals surface area contributed by atoms with E-state index in [1.807, 2.05) is 6.92 Å². The first-order chi connectivity index (χ1) is 10.6. The first-order valence-corrected chi connectivity index (χ1v) is 7.07. The molecule has 0 aliphatic carbocycles. The molecule has 1 amide bonds. The predicted molar refractivity (Wildman–Crippen MR) is 82.5 cm³/mol. The van der Waals surface area contributed by atoms with Gasteiger partial charge >= 0.3 is 5.97 Å². The summed E-state index contributed by atoms with van der Waals surface area (Å²) in [5.74, 6) is -0.522. The fraction of sp³-hybridized carbons (Fsp3) is 0.235. The van der Waals surface area contributed by atoms with Gasteiger partial charge < -0.3 is 10.1 Å². The Morgan fingerprint density at radius 3 is 2.36 bits per heavy atom. The van der Waals surface area contributed by atoms with E-state index in [9.17, 15) is 9.59 Å². The van der Waals surface area contributed by atoms with Gasteiger partial charge in [0.25, 0.3) is 5.91 Å². The fourth-order valence-electron chi connectivity index (χ4n) is 1.86. The third-order valence-corrected chi connectivity index (χ3v) is 3.09. The van der Waals surface area contributed by atoms with Crippen LogP contribution in [0.15, 0.2) is 42.6 Å². The van der Waals surface area contributed by atoms with E-state index in [-0.39, 0.29) is 11.9 Å². The number of pyridine rings is 1. The summed E-state index contributed by atoms with van der Waals surface area (Å²) in [4.78, 5) is 27.6. The van der Waals surface area contributed by atoms with Gasteiger partial charge in [0.05, 0.1) is 17.7 Å². The van der Waals surface area contributed by atoms with Crippen molar-refractivity contribution < 1.29 is 14.3 Å². The molecule has 0 aliphatic heterocycles. The second kappa shape index (κ2) is 7.36. The average Bonchev–Trinajstić information content (AvgIpc) is 2.54. The van der Waals surface area contributed by atoms with Crippen LogP contribution in [0.5, 0.6) is 0 Å². The maximum atomic E-state index is 12.0. The molecule has 5 nitrogen and oxygen atoms in total. The minimum atomic E-state index is -0.344. The summed E-state index contributed by atoms with van der Waals surface area (Å²) in [7, 11) is 0. The van der Waals surface area contributed by atoms with E-state index in [2.05, 4.69) is 10.3 Å². The molecule has 2 rings (SSSR count). The Morgan fingerprint density at radius 2 is 1.77 bits per heavy atom. The molecule has 2 aromatic rings. The summed E-state index contributed by atoms with van der Waals surface area (Å²) < 4.78 is 4.92. The van der Waals surface area contributed by atoms with E-state index in [0.29, 0.717) is 24.3 Å². The second-order valence-electron chi connectivity index (χ2n) is 4.79. The topological polar surface area (TPSA) is 68.3 Å². The number of aromatic nitrogens is 1. The van der Waals surface area contributed by atoms with Crippen molar-refractivity contribution >= 4 is 11.9 Å². The van der Waals surface area contributed by atoms with Gasteiger partial charge in [-0.15, -0.1) is 0 Å². The Labute approximate surface area is 129 Å². The van der Waals surface area contributed by atoms with E-state index in [0.717, 1.165) is 11.3 Å². The number of aryl methyl sites for hydroxylation is 1. The molecule has 1 aromatic carbocycles. The SMILES string of the molecule is CCOC(=O)c1ccc(CNC(=O)c2ccc(C)nc2)cc1. The molecule has 0 atom stereocenters. The average molecular weight is 298 g/mol. The Bertz CT molecular complexity index is 649. The molecular formula is C17H18N2O3. The van der Waals surface area contributed by atoms with Crippen LogP contribution in [0, 0.1) is 6.92 Å². The first kappa shape index (κ1) is 15.7. The molecule has 1 aromatic heterocycles. The van der Waals surface area contributed by atoms with Crippen LogP contribution in [0.1, 0.15) is 38.9 Å². The molecule has 0 unspecified atom stereocenters. The van der Waals surface area contributed by atoms with Gasteiger partial charge in [-0.1, -0.05) is 12.1 Å². The number of carbonyl (C=O) groups is 2. The highest BCUT2D eigenvalue weighted by Gasteiger charge is 2.07. The highest BCUT2D eigenvalue weighted by atomic mass is 16.5. The summed E-state index contributed by atoms with van der Waals surface area (Å²) in [6, 6.07) is 10.5. The van der Waals surface area contributed by atoms with Crippen LogP contribution in [-0.4, -0.2) is 23.5 Å². The van der Waals surface area contributed by atoms with E-state index in [1.54, 1.807) is 49.5 Å². The highest BCUT2D eigenvalue weighted by molar-refractivity contribution is 5.93. The number of nitrogens with one attached hydrogen (secondary N) is 1. The van der Waals surface area contributed by atoms with Gasteiger partial charge in [-0.05, 0) is 43.7 Å². The minimum Gasteiger partial charge on any atom is -0.462 e. The number of ether oxygens (including phenoxy) is 1. The Hall–Kier alpha value is -2.69. The minimum absolute atomic E-state index is 0.179. The van der Waals surface area contributed by atoms with E-state index >= 15 is 0 Å². The number of carbonyl (C=O) groups excluding carboxylic acids is 2. The van der Waals surface area contributed by atoms with Crippen molar-refractivity contribution in [2.24, 2.45) is 0 Å². The van der Waals surface area contributed by atoms with Gasteiger partial charge in [0.2, 0.25) is 0 Å². The molecule has 0 saturated carbocycles. The van der Waals surface area contributed by atoms with Crippen molar-refractivity contribution in [1.29, 1.82) is 0 Å². The Morgan fingerprint density at radius 1 is 1.09 bits per heavy atom. The van der Waals surface area contributed by atoms with Gasteiger partial charge in [0, 0.05) is 18.4 Å². The predicted octanol–water partition coefficient (Wildman–Crippen LogP) is 2.50. The third-order valence-electron chi connectivity index (χ3n) is 3.09. The van der Waals surface area contributed by atoms with Crippen LogP contribution in [0.25, 0.3) is 0 Å². The standard InChI is InChI=1S/C17H18N2O3/c1-3-22-17(21)14-8-5-13(6-9-14)10-19-16(20)15-7-4-12(2)18-11-15/h4-9,11H,3,10H2,1-2H3,(H,19,20). The van der Waals surface area contributed by atoms with E-state index in [4.69, 9.17) is 4.74 Å². The smallest absolute Gasteiger partial charge is 0.338 e. The molecule has 0 saturated heterocycles. The van der Waals surface area contributed by atoms with E-state index < -0.39 is 0 Å². The molecular weight excluding hydrogens is 280 g/mol. The molecule has 1 N–H and O–H groups in total. The van der Waals surface area contributed by atoms with Gasteiger partial charge in [-0.2, -0.15) is 0 Å². The van der Waals surface area contributed by atoms with Crippen LogP contribution in [-0.2, 0) is 11.3 Å². The maximum absolute atomic E-state index is 12.0. The lowest BCUT2D eigenvalue weighted by Crippen LogP contribution is -2.23. The van der Waals surface area contributed by atoms with Crippen LogP contribution < -0.4 is 5.32 Å². The van der Waals surface area contributed by atoms with Gasteiger partial charge in [0.1, 0.15) is 0 Å². The van der Waals surface area contributed by atoms with Crippen molar-refractivity contribution in [3.05, 3.63) is 65.0 Å². The monoisotopic (exact) mass is 298 g/mol. The molecule has 114 valence electrons. The molecule has 5 heteroatoms. The van der Waals surface area contributed by atoms with Crippen LogP contribution in [0.3, 0.4) is 0 Å². The Kier molecular flexibility index (Phi) is 5.25. The number of esters is 1. The number of amides is 1. The third kappa shape index (κ3) is 4.15. The normalized spacial score (nSPS) is 10.1. The molecule has 1 heterocycles. The lowest BCUT2D eigenvalue weighted by Gasteiger charge is -2.06. The zero-order chi connectivity index (χ0) is 15.9. The summed E-state index contributed by atoms with van der Waals surface area (Å²) in [6.07, 6.45) is 1.55. The van der Waals surface area contributed by atoms with Crippen LogP contribution >= 0.6 is 0 Å². The summed E-state index contributed by atoms with van der Waals surface area (Å²) in [5, 5.41) is 2.81. The largest absolute Gasteiger partial charge is 0.462 e. The van der Waals surface area contributed by atoms with E-state index in [1.165, 1.54) is 0 Å². The lowest BCUT2D eigenvalue weighted by atomic mass is 10.1. The lowest BCUT2D eigenvalue weighted by molar-refractivity contribution is 0.0526. The molecule has 0 bridgehead atoms. The maximum Gasteiger partial charge on any atom is 0.338 e. The number of hydrogen-bond donors (Lipinski definition) is 1. The zero-order valence-corrected chi connectivity index (χ0v) is 12.6. The van der Waals surface area contributed by atoms with Gasteiger partial charge in [0.15, 0.2) is 0 Å². The Balaban J connectivity index is 1.92. The number of rotatable bonds is 5. The fourth-order valence-corrected chi connectivity index (χ4v) is 1.86. The summed E-state index contributed by atoms with van der Waals surface area (Å²) in [6.45, 7) is 4.37. The quantitative estimate of drug-likeness (QED) is 0.861. The first-order valence-electron chi connectivity index (χ1n) is 7.07. The summed E-state index contributed by atoms with van der Waals surface area (Å²) in [5.41, 5.74) is 2.79. The number of nitrogens with zero attached hydrogens (tertiary/aromatic N) is 1. The number of benzene rings is 1. The van der Waals surface area contributed by atoms with Crippen LogP contribution in [0.4, 0.5) is 0 Å². The van der Waals surface area contributed by atoms with Gasteiger partial charge in [-0.25, -0.2) is 4.79 Å². The summed E-state index contributed by atoms with van der Waals surface area (Å²) >= 11 is 0. The van der Waals surface area contributed by atoms with Gasteiger partial charge in [-0.3, -0.25) is 9.78 Å². The highest BCUT2D eigenvalue weighted by Crippen LogP contribution is 2.07. The van der Waals surface area contributed by atoms with Crippen molar-refractivity contribution in [3.63, 3.8) is 0 Å². The molecule has 22 heavy (non-hydrogen) atoms. The molecule has 0 radical (unpaired) electrons. The second-order valence-corrected chi connectivity index (χ2v) is 4.79. The molecule has 0 spiro atoms. The number of hydrogen-bond acceptors (Lipinski definition) is 4. The van der Waals surface area contributed by atoms with Crippen molar-refractivity contribution in [3.8, 4) is 0 Å². The van der Waals surface area contributed by atoms with Crippen LogP contribution in [0.2, 0.25) is 0 Å². The van der Waals surface area contributed by atoms with Crippen molar-refractivity contribution in [1.82, 2.24) is 10.3 Å².